The van der Waals surface area contributed by atoms with Crippen LogP contribution in [0.5, 0.6) is 0 Å². The number of hydrogen-bond donors (Lipinski definition) is 1. The van der Waals surface area contributed by atoms with Crippen molar-refractivity contribution >= 4 is 22.8 Å². The lowest BCUT2D eigenvalue weighted by atomic mass is 10.3. The number of nitrogens with one attached hydrogen (secondary N) is 1. The maximum Gasteiger partial charge on any atom is 0.482 e. The van der Waals surface area contributed by atoms with Crippen LogP contribution in [0.2, 0.25) is 0 Å². The number of imidazole rings is 1. The van der Waals surface area contributed by atoms with Gasteiger partial charge in [-0.2, -0.15) is 13.2 Å². The molecular formula is C16H17F3N4OS+2. The van der Waals surface area contributed by atoms with E-state index in [1.54, 1.807) is 29.6 Å². The summed E-state index contributed by atoms with van der Waals surface area (Å²) in [6, 6.07) is 4.82. The van der Waals surface area contributed by atoms with E-state index in [2.05, 4.69) is 9.97 Å². The molecule has 0 aliphatic rings. The minimum atomic E-state index is -4.53. The van der Waals surface area contributed by atoms with Crippen molar-refractivity contribution in [1.82, 2.24) is 9.97 Å². The molecule has 0 atom stereocenters. The summed E-state index contributed by atoms with van der Waals surface area (Å²) in [5.74, 6) is 1.50. The van der Waals surface area contributed by atoms with Crippen molar-refractivity contribution in [2.45, 2.75) is 18.0 Å². The topological polar surface area (TPSA) is 45.7 Å². The molecule has 3 heterocycles. The van der Waals surface area contributed by atoms with Gasteiger partial charge in [0.05, 0.1) is 13.1 Å². The van der Waals surface area contributed by atoms with E-state index < -0.39 is 11.9 Å². The van der Waals surface area contributed by atoms with Crippen LogP contribution in [0.4, 0.5) is 13.2 Å². The molecule has 0 radical (unpaired) electrons. The summed E-state index contributed by atoms with van der Waals surface area (Å²) in [6.07, 6.45) is -1.55. The van der Waals surface area contributed by atoms with Crippen molar-refractivity contribution in [3.05, 3.63) is 36.3 Å². The van der Waals surface area contributed by atoms with Crippen LogP contribution in [-0.4, -0.2) is 22.8 Å². The highest BCUT2D eigenvalue weighted by molar-refractivity contribution is 7.99. The number of nitrogens with zero attached hydrogens (tertiary/aromatic N) is 3. The van der Waals surface area contributed by atoms with E-state index in [1.807, 2.05) is 19.1 Å². The van der Waals surface area contributed by atoms with Crippen LogP contribution in [0, 0.1) is 0 Å². The summed E-state index contributed by atoms with van der Waals surface area (Å²) >= 11 is 1.62. The lowest BCUT2D eigenvalue weighted by Gasteiger charge is -2.03. The van der Waals surface area contributed by atoms with Gasteiger partial charge < -0.3 is 0 Å². The number of thioether (sulfide) groups is 1. The third-order valence-corrected chi connectivity index (χ3v) is 4.69. The minimum Gasteiger partial charge on any atom is -0.274 e. The molecule has 0 saturated carbocycles. The third kappa shape index (κ3) is 3.15. The molecule has 0 spiro atoms. The van der Waals surface area contributed by atoms with Crippen LogP contribution in [0.1, 0.15) is 12.6 Å². The van der Waals surface area contributed by atoms with Crippen molar-refractivity contribution in [2.75, 3.05) is 12.9 Å². The number of fused-ring (bicyclic) bond motifs is 1. The quantitative estimate of drug-likeness (QED) is 0.567. The fourth-order valence-electron chi connectivity index (χ4n) is 2.64. The van der Waals surface area contributed by atoms with Gasteiger partial charge in [-0.05, 0) is 17.9 Å². The van der Waals surface area contributed by atoms with Gasteiger partial charge in [0.15, 0.2) is 11.2 Å². The number of rotatable bonds is 4. The number of aromatic amines is 1. The van der Waals surface area contributed by atoms with Gasteiger partial charge in [-0.1, -0.05) is 6.92 Å². The maximum atomic E-state index is 13.2. The molecule has 0 aromatic carbocycles. The number of alkyl halides is 3. The van der Waals surface area contributed by atoms with E-state index in [-0.39, 0.29) is 0 Å². The predicted molar refractivity (Wildman–Crippen MR) is 86.8 cm³/mol. The molecule has 3 aromatic rings. The van der Waals surface area contributed by atoms with Crippen molar-refractivity contribution in [3.63, 3.8) is 0 Å². The predicted octanol–water partition coefficient (Wildman–Crippen LogP) is 2.53. The second kappa shape index (κ2) is 6.55. The normalized spacial score (nSPS) is 11.9. The SMILES string of the molecule is CCSc1cccnc1-c1[nH]c2cc(C(F)(F)F)[n+](OC)cc2[n+]1C. The third-order valence-electron chi connectivity index (χ3n) is 3.77. The zero-order valence-corrected chi connectivity index (χ0v) is 14.7. The Kier molecular flexibility index (Phi) is 4.59. The summed E-state index contributed by atoms with van der Waals surface area (Å²) in [7, 11) is 2.97. The monoisotopic (exact) mass is 370 g/mol. The number of pyridine rings is 2. The van der Waals surface area contributed by atoms with E-state index in [0.717, 1.165) is 21.4 Å². The lowest BCUT2D eigenvalue weighted by molar-refractivity contribution is -0.896. The van der Waals surface area contributed by atoms with Crippen molar-refractivity contribution < 1.29 is 27.3 Å². The molecular weight excluding hydrogens is 353 g/mol. The van der Waals surface area contributed by atoms with E-state index in [9.17, 15) is 13.2 Å². The van der Waals surface area contributed by atoms with Gasteiger partial charge in [-0.3, -0.25) is 4.84 Å². The molecule has 0 amide bonds. The minimum absolute atomic E-state index is 0.358. The zero-order valence-electron chi connectivity index (χ0n) is 13.9. The maximum absolute atomic E-state index is 13.2. The van der Waals surface area contributed by atoms with E-state index in [4.69, 9.17) is 4.84 Å². The van der Waals surface area contributed by atoms with Crippen molar-refractivity contribution in [2.24, 2.45) is 7.05 Å². The van der Waals surface area contributed by atoms with Crippen LogP contribution >= 0.6 is 11.8 Å². The van der Waals surface area contributed by atoms with Gasteiger partial charge in [0.1, 0.15) is 7.11 Å². The van der Waals surface area contributed by atoms with Gasteiger partial charge in [0, 0.05) is 15.8 Å². The number of hydrogen-bond acceptors (Lipinski definition) is 3. The van der Waals surface area contributed by atoms with Crippen LogP contribution in [0.3, 0.4) is 0 Å². The highest BCUT2D eigenvalue weighted by Gasteiger charge is 2.44. The fourth-order valence-corrected chi connectivity index (χ4v) is 3.41. The average molecular weight is 370 g/mol. The smallest absolute Gasteiger partial charge is 0.274 e. The molecule has 0 aliphatic carbocycles. The molecule has 0 unspecified atom stereocenters. The molecule has 9 heteroatoms. The second-order valence-corrected chi connectivity index (χ2v) is 6.59. The Labute approximate surface area is 146 Å². The van der Waals surface area contributed by atoms with E-state index in [1.165, 1.54) is 13.3 Å². The first-order valence-electron chi connectivity index (χ1n) is 7.54. The molecule has 25 heavy (non-hydrogen) atoms. The van der Waals surface area contributed by atoms with Gasteiger partial charge in [-0.25, -0.2) is 14.5 Å². The Morgan fingerprint density at radius 1 is 1.36 bits per heavy atom. The Bertz CT molecular complexity index is 924. The molecule has 3 aromatic heterocycles. The summed E-state index contributed by atoms with van der Waals surface area (Å²) in [5.41, 5.74) is 0.741. The molecule has 5 nitrogen and oxygen atoms in total. The Morgan fingerprint density at radius 2 is 2.12 bits per heavy atom. The first-order chi connectivity index (χ1) is 11.9. The summed E-state index contributed by atoms with van der Waals surface area (Å²) in [6.45, 7) is 2.03. The molecule has 0 saturated heterocycles. The van der Waals surface area contributed by atoms with E-state index in [0.29, 0.717) is 22.6 Å². The van der Waals surface area contributed by atoms with Crippen molar-refractivity contribution in [3.8, 4) is 11.5 Å². The fraction of sp³-hybridized carbons (Fsp3) is 0.312. The molecule has 0 bridgehead atoms. The molecule has 3 rings (SSSR count). The Balaban J connectivity index is 2.24. The number of H-pyrrole nitrogens is 1. The highest BCUT2D eigenvalue weighted by atomic mass is 32.2. The van der Waals surface area contributed by atoms with Crippen LogP contribution in [0.15, 0.2) is 35.5 Å². The molecule has 132 valence electrons. The lowest BCUT2D eigenvalue weighted by Crippen LogP contribution is -2.48. The summed E-state index contributed by atoms with van der Waals surface area (Å²) < 4.78 is 42.2. The number of aromatic nitrogens is 4. The first-order valence-corrected chi connectivity index (χ1v) is 8.52. The second-order valence-electron chi connectivity index (χ2n) is 5.28. The van der Waals surface area contributed by atoms with Gasteiger partial charge >= 0.3 is 17.7 Å². The van der Waals surface area contributed by atoms with Gasteiger partial charge in [0.2, 0.25) is 5.52 Å². The molecule has 1 N–H and O–H groups in total. The largest absolute Gasteiger partial charge is 0.482 e. The summed E-state index contributed by atoms with van der Waals surface area (Å²) in [5, 5.41) is 0. The van der Waals surface area contributed by atoms with Crippen molar-refractivity contribution in [1.29, 1.82) is 0 Å². The van der Waals surface area contributed by atoms with Crippen LogP contribution in [-0.2, 0) is 13.2 Å². The molecule has 0 aliphatic heterocycles. The number of aryl methyl sites for hydroxylation is 1. The van der Waals surface area contributed by atoms with Crippen LogP contribution in [0.25, 0.3) is 22.6 Å². The van der Waals surface area contributed by atoms with E-state index >= 15 is 0 Å². The highest BCUT2D eigenvalue weighted by Crippen LogP contribution is 2.30. The first kappa shape index (κ1) is 17.5. The van der Waals surface area contributed by atoms with Gasteiger partial charge in [-0.15, -0.1) is 11.8 Å². The number of halogens is 3. The standard InChI is InChI=1S/C16H16F3N4OS/c1-4-25-12-6-5-7-20-14(12)15-21-10-8-13(16(17,18)19)23(24-3)9-11(10)22(15)2/h5-9H,4H2,1-3H3/q+1/p+1. The Hall–Kier alpha value is -2.29. The average Bonchev–Trinajstić information content (AvgIpc) is 2.90. The van der Waals surface area contributed by atoms with Crippen LogP contribution < -0.4 is 14.1 Å². The molecule has 0 fully saturated rings. The zero-order chi connectivity index (χ0) is 18.2. The van der Waals surface area contributed by atoms with Gasteiger partial charge in [0.25, 0.3) is 6.20 Å². The summed E-state index contributed by atoms with van der Waals surface area (Å²) in [4.78, 5) is 13.3. The Morgan fingerprint density at radius 3 is 2.76 bits per heavy atom.